The van der Waals surface area contributed by atoms with Crippen LogP contribution in [0.2, 0.25) is 0 Å². The maximum absolute atomic E-state index is 12.6. The minimum Gasteiger partial charge on any atom is -0.324 e. The molecule has 0 saturated heterocycles. The van der Waals surface area contributed by atoms with Gasteiger partial charge in [0.25, 0.3) is 0 Å². The molecular formula is C20H23N5O. The second kappa shape index (κ2) is 8.29. The molecule has 1 aromatic carbocycles. The van der Waals surface area contributed by atoms with Crippen LogP contribution in [0, 0.1) is 0 Å². The van der Waals surface area contributed by atoms with E-state index in [1.54, 1.807) is 22.0 Å². The number of hydrogen-bond acceptors (Lipinski definition) is 3. The highest BCUT2D eigenvalue weighted by Gasteiger charge is 2.14. The fourth-order valence-corrected chi connectivity index (χ4v) is 2.81. The van der Waals surface area contributed by atoms with Gasteiger partial charge in [-0.1, -0.05) is 30.3 Å². The van der Waals surface area contributed by atoms with Crippen LogP contribution in [0.3, 0.4) is 0 Å². The lowest BCUT2D eigenvalue weighted by Crippen LogP contribution is -2.36. The van der Waals surface area contributed by atoms with Crippen LogP contribution in [0.25, 0.3) is 11.3 Å². The smallest absolute Gasteiger partial charge is 0.323 e. The maximum Gasteiger partial charge on any atom is 0.323 e. The average Bonchev–Trinajstić information content (AvgIpc) is 3.04. The third-order valence-electron chi connectivity index (χ3n) is 4.27. The van der Waals surface area contributed by atoms with Gasteiger partial charge in [-0.15, -0.1) is 0 Å². The van der Waals surface area contributed by atoms with Crippen molar-refractivity contribution in [3.63, 3.8) is 0 Å². The molecule has 0 aliphatic carbocycles. The van der Waals surface area contributed by atoms with Gasteiger partial charge >= 0.3 is 6.03 Å². The average molecular weight is 349 g/mol. The van der Waals surface area contributed by atoms with E-state index in [0.29, 0.717) is 18.9 Å². The topological polar surface area (TPSA) is 63.1 Å². The summed E-state index contributed by atoms with van der Waals surface area (Å²) in [6.07, 6.45) is 4.33. The summed E-state index contributed by atoms with van der Waals surface area (Å²) in [5.41, 5.74) is 3.18. The molecule has 134 valence electrons. The van der Waals surface area contributed by atoms with Crippen LogP contribution in [0.4, 0.5) is 10.6 Å². The first-order chi connectivity index (χ1) is 12.7. The number of carbonyl (C=O) groups is 1. The molecule has 0 aliphatic heterocycles. The Morgan fingerprint density at radius 1 is 1.15 bits per heavy atom. The van der Waals surface area contributed by atoms with E-state index in [9.17, 15) is 4.79 Å². The molecular weight excluding hydrogens is 326 g/mol. The van der Waals surface area contributed by atoms with Crippen LogP contribution in [0.5, 0.6) is 0 Å². The van der Waals surface area contributed by atoms with Crippen molar-refractivity contribution in [3.05, 3.63) is 66.5 Å². The normalized spacial score (nSPS) is 10.5. The van der Waals surface area contributed by atoms with Crippen LogP contribution in [0.15, 0.2) is 60.9 Å². The molecule has 0 spiro atoms. The van der Waals surface area contributed by atoms with E-state index in [0.717, 1.165) is 23.2 Å². The number of aryl methyl sites for hydroxylation is 1. The Labute approximate surface area is 153 Å². The van der Waals surface area contributed by atoms with Gasteiger partial charge in [0.1, 0.15) is 0 Å². The van der Waals surface area contributed by atoms with E-state index in [-0.39, 0.29) is 6.03 Å². The standard InChI is InChI=1S/C20H23N5O/c1-3-25(14-11-16-9-12-21-13-10-16)20(26)22-19-15-18(24(2)23-19)17-7-5-4-6-8-17/h4-10,12-13,15H,3,11,14H2,1-2H3,(H,22,23,26). The number of urea groups is 1. The van der Waals surface area contributed by atoms with Gasteiger partial charge in [0.2, 0.25) is 0 Å². The van der Waals surface area contributed by atoms with Crippen molar-refractivity contribution in [2.75, 3.05) is 18.4 Å². The maximum atomic E-state index is 12.6. The lowest BCUT2D eigenvalue weighted by atomic mass is 10.1. The Balaban J connectivity index is 1.65. The Morgan fingerprint density at radius 2 is 1.88 bits per heavy atom. The minimum atomic E-state index is -0.140. The predicted octanol–water partition coefficient (Wildman–Crippen LogP) is 3.58. The summed E-state index contributed by atoms with van der Waals surface area (Å²) in [4.78, 5) is 18.4. The zero-order valence-corrected chi connectivity index (χ0v) is 15.1. The van der Waals surface area contributed by atoms with E-state index in [1.807, 2.05) is 62.5 Å². The molecule has 3 aromatic rings. The fraction of sp³-hybridized carbons (Fsp3) is 0.250. The van der Waals surface area contributed by atoms with Gasteiger partial charge in [-0.25, -0.2) is 4.79 Å². The number of hydrogen-bond donors (Lipinski definition) is 1. The first-order valence-corrected chi connectivity index (χ1v) is 8.71. The summed E-state index contributed by atoms with van der Waals surface area (Å²) >= 11 is 0. The molecule has 2 heterocycles. The largest absolute Gasteiger partial charge is 0.324 e. The lowest BCUT2D eigenvalue weighted by Gasteiger charge is -2.20. The van der Waals surface area contributed by atoms with Crippen LogP contribution >= 0.6 is 0 Å². The van der Waals surface area contributed by atoms with E-state index < -0.39 is 0 Å². The fourth-order valence-electron chi connectivity index (χ4n) is 2.81. The molecule has 0 saturated carbocycles. The third-order valence-corrected chi connectivity index (χ3v) is 4.27. The van der Waals surface area contributed by atoms with Gasteiger partial charge in [0, 0.05) is 38.6 Å². The van der Waals surface area contributed by atoms with Crippen LogP contribution < -0.4 is 5.32 Å². The number of pyridine rings is 1. The van der Waals surface area contributed by atoms with Crippen molar-refractivity contribution < 1.29 is 4.79 Å². The highest BCUT2D eigenvalue weighted by Crippen LogP contribution is 2.21. The van der Waals surface area contributed by atoms with Crippen molar-refractivity contribution in [2.45, 2.75) is 13.3 Å². The van der Waals surface area contributed by atoms with E-state index in [2.05, 4.69) is 15.4 Å². The number of carbonyl (C=O) groups excluding carboxylic acids is 1. The Hall–Kier alpha value is -3.15. The molecule has 3 rings (SSSR count). The number of aromatic nitrogens is 3. The molecule has 2 aromatic heterocycles. The van der Waals surface area contributed by atoms with Crippen LogP contribution in [-0.4, -0.2) is 38.8 Å². The molecule has 26 heavy (non-hydrogen) atoms. The molecule has 2 amide bonds. The number of nitrogens with one attached hydrogen (secondary N) is 1. The molecule has 1 N–H and O–H groups in total. The lowest BCUT2D eigenvalue weighted by molar-refractivity contribution is 0.215. The van der Waals surface area contributed by atoms with Gasteiger partial charge in [-0.05, 0) is 36.6 Å². The van der Waals surface area contributed by atoms with Crippen molar-refractivity contribution >= 4 is 11.8 Å². The summed E-state index contributed by atoms with van der Waals surface area (Å²) in [6, 6.07) is 15.7. The summed E-state index contributed by atoms with van der Waals surface area (Å²) < 4.78 is 1.78. The molecule has 6 nitrogen and oxygen atoms in total. The van der Waals surface area contributed by atoms with E-state index in [4.69, 9.17) is 0 Å². The summed E-state index contributed by atoms with van der Waals surface area (Å²) in [7, 11) is 1.87. The third kappa shape index (κ3) is 4.27. The van der Waals surface area contributed by atoms with Gasteiger partial charge in [0.05, 0.1) is 5.69 Å². The number of benzene rings is 1. The second-order valence-electron chi connectivity index (χ2n) is 6.02. The number of anilines is 1. The number of amides is 2. The molecule has 6 heteroatoms. The highest BCUT2D eigenvalue weighted by atomic mass is 16.2. The zero-order valence-electron chi connectivity index (χ0n) is 15.1. The molecule has 0 unspecified atom stereocenters. The predicted molar refractivity (Wildman–Crippen MR) is 103 cm³/mol. The van der Waals surface area contributed by atoms with Crippen molar-refractivity contribution in [1.29, 1.82) is 0 Å². The van der Waals surface area contributed by atoms with Gasteiger partial charge in [0.15, 0.2) is 5.82 Å². The summed E-state index contributed by atoms with van der Waals surface area (Å²) in [5.74, 6) is 0.554. The SMILES string of the molecule is CCN(CCc1ccncc1)C(=O)Nc1cc(-c2ccccc2)n(C)n1. The van der Waals surface area contributed by atoms with Gasteiger partial charge in [-0.2, -0.15) is 5.10 Å². The number of rotatable bonds is 6. The van der Waals surface area contributed by atoms with Gasteiger partial charge < -0.3 is 4.90 Å². The monoisotopic (exact) mass is 349 g/mol. The van der Waals surface area contributed by atoms with Crippen molar-refractivity contribution in [3.8, 4) is 11.3 Å². The van der Waals surface area contributed by atoms with Crippen LogP contribution in [-0.2, 0) is 13.5 Å². The molecule has 0 atom stereocenters. The second-order valence-corrected chi connectivity index (χ2v) is 6.02. The molecule has 0 fully saturated rings. The van der Waals surface area contributed by atoms with Crippen molar-refractivity contribution in [1.82, 2.24) is 19.7 Å². The Kier molecular flexibility index (Phi) is 5.63. The Morgan fingerprint density at radius 3 is 2.58 bits per heavy atom. The minimum absolute atomic E-state index is 0.140. The zero-order chi connectivity index (χ0) is 18.4. The van der Waals surface area contributed by atoms with Crippen LogP contribution in [0.1, 0.15) is 12.5 Å². The summed E-state index contributed by atoms with van der Waals surface area (Å²) in [5, 5.41) is 7.31. The first-order valence-electron chi connectivity index (χ1n) is 8.71. The Bertz CT molecular complexity index is 845. The van der Waals surface area contributed by atoms with E-state index in [1.165, 1.54) is 0 Å². The highest BCUT2D eigenvalue weighted by molar-refractivity contribution is 5.89. The molecule has 0 aliphatic rings. The van der Waals surface area contributed by atoms with Crippen molar-refractivity contribution in [2.24, 2.45) is 7.05 Å². The van der Waals surface area contributed by atoms with Gasteiger partial charge in [-0.3, -0.25) is 15.0 Å². The summed E-state index contributed by atoms with van der Waals surface area (Å²) in [6.45, 7) is 3.25. The first kappa shape index (κ1) is 17.7. The number of likely N-dealkylation sites (N-methyl/N-ethyl adjacent to an activating group) is 1. The quantitative estimate of drug-likeness (QED) is 0.740. The number of nitrogens with zero attached hydrogens (tertiary/aromatic N) is 4. The molecule has 0 radical (unpaired) electrons. The molecule has 0 bridgehead atoms. The van der Waals surface area contributed by atoms with E-state index >= 15 is 0 Å².